The highest BCUT2D eigenvalue weighted by Gasteiger charge is 2.16. The summed E-state index contributed by atoms with van der Waals surface area (Å²) < 4.78 is 27.9. The summed E-state index contributed by atoms with van der Waals surface area (Å²) in [6, 6.07) is 9.54. The van der Waals surface area contributed by atoms with Gasteiger partial charge in [0.2, 0.25) is 15.9 Å². The van der Waals surface area contributed by atoms with Gasteiger partial charge in [0.05, 0.1) is 10.9 Å². The fraction of sp³-hybridized carbons (Fsp3) is 0.235. The van der Waals surface area contributed by atoms with Crippen molar-refractivity contribution in [3.05, 3.63) is 59.6 Å². The van der Waals surface area contributed by atoms with Crippen molar-refractivity contribution in [3.63, 3.8) is 0 Å². The highest BCUT2D eigenvalue weighted by molar-refractivity contribution is 7.89. The molecule has 2 rings (SSSR count). The molecule has 2 aromatic rings. The van der Waals surface area contributed by atoms with E-state index in [4.69, 9.17) is 9.56 Å². The second-order valence-electron chi connectivity index (χ2n) is 5.52. The van der Waals surface area contributed by atoms with Gasteiger partial charge in [0.25, 0.3) is 0 Å². The van der Waals surface area contributed by atoms with Crippen LogP contribution in [0.15, 0.2) is 51.8 Å². The number of hydrogen-bond acceptors (Lipinski definition) is 4. The lowest BCUT2D eigenvalue weighted by Gasteiger charge is -2.24. The molecule has 0 spiro atoms. The first-order valence-electron chi connectivity index (χ1n) is 7.32. The van der Waals surface area contributed by atoms with Gasteiger partial charge >= 0.3 is 0 Å². The fourth-order valence-corrected chi connectivity index (χ4v) is 2.68. The van der Waals surface area contributed by atoms with Crippen molar-refractivity contribution in [2.24, 2.45) is 5.14 Å². The summed E-state index contributed by atoms with van der Waals surface area (Å²) in [5, 5.41) is 5.08. The van der Waals surface area contributed by atoms with E-state index in [1.54, 1.807) is 36.2 Å². The number of carbonyl (C=O) groups is 1. The van der Waals surface area contributed by atoms with Gasteiger partial charge in [-0.2, -0.15) is 0 Å². The summed E-state index contributed by atoms with van der Waals surface area (Å²) in [6.45, 7) is 3.69. The zero-order valence-electron chi connectivity index (χ0n) is 13.8. The van der Waals surface area contributed by atoms with Gasteiger partial charge in [-0.3, -0.25) is 4.79 Å². The van der Waals surface area contributed by atoms with Crippen molar-refractivity contribution < 1.29 is 17.6 Å². The highest BCUT2D eigenvalue weighted by atomic mass is 32.2. The Morgan fingerprint density at radius 1 is 1.21 bits per heavy atom. The average molecular weight is 348 g/mol. The molecule has 7 heteroatoms. The Hall–Kier alpha value is -2.38. The molecule has 0 radical (unpaired) electrons. The first kappa shape index (κ1) is 18.0. The topological polar surface area (TPSA) is 93.6 Å². The number of furan rings is 1. The Kier molecular flexibility index (Phi) is 5.26. The Morgan fingerprint density at radius 3 is 2.33 bits per heavy atom. The summed E-state index contributed by atoms with van der Waals surface area (Å²) in [4.78, 5) is 13.8. The zero-order chi connectivity index (χ0) is 17.9. The van der Waals surface area contributed by atoms with E-state index in [1.807, 2.05) is 19.9 Å². The fourth-order valence-electron chi connectivity index (χ4n) is 2.16. The molecule has 128 valence electrons. The van der Waals surface area contributed by atoms with Crippen LogP contribution in [0.2, 0.25) is 0 Å². The SMILES string of the molecule is Cc1ccc(C=CC(=O)N(C)C(C)c2ccc(S(N)(=O)=O)cc2)o1. The number of primary sulfonamides is 1. The maximum absolute atomic E-state index is 12.2. The predicted molar refractivity (Wildman–Crippen MR) is 91.5 cm³/mol. The van der Waals surface area contributed by atoms with Gasteiger partial charge in [-0.05, 0) is 49.8 Å². The smallest absolute Gasteiger partial charge is 0.246 e. The maximum Gasteiger partial charge on any atom is 0.246 e. The number of likely N-dealkylation sites (N-methyl/N-ethyl adjacent to an activating group) is 1. The van der Waals surface area contributed by atoms with Crippen LogP contribution in [0, 0.1) is 6.92 Å². The third-order valence-electron chi connectivity index (χ3n) is 3.77. The first-order chi connectivity index (χ1) is 11.2. The second kappa shape index (κ2) is 7.02. The minimum absolute atomic E-state index is 0.0421. The summed E-state index contributed by atoms with van der Waals surface area (Å²) in [7, 11) is -2.04. The number of nitrogens with two attached hydrogens (primary N) is 1. The molecule has 0 aliphatic carbocycles. The van der Waals surface area contributed by atoms with E-state index in [9.17, 15) is 13.2 Å². The molecule has 1 aromatic carbocycles. The number of amides is 1. The van der Waals surface area contributed by atoms with Crippen LogP contribution >= 0.6 is 0 Å². The molecular weight excluding hydrogens is 328 g/mol. The lowest BCUT2D eigenvalue weighted by molar-refractivity contribution is -0.126. The number of aryl methyl sites for hydroxylation is 1. The Labute approximate surface area is 141 Å². The second-order valence-corrected chi connectivity index (χ2v) is 7.08. The minimum atomic E-state index is -3.72. The Bertz CT molecular complexity index is 851. The zero-order valence-corrected chi connectivity index (χ0v) is 14.6. The van der Waals surface area contributed by atoms with Crippen LogP contribution in [0.3, 0.4) is 0 Å². The van der Waals surface area contributed by atoms with Crippen molar-refractivity contribution in [3.8, 4) is 0 Å². The van der Waals surface area contributed by atoms with Crippen LogP contribution in [-0.2, 0) is 14.8 Å². The van der Waals surface area contributed by atoms with E-state index in [0.29, 0.717) is 5.76 Å². The molecule has 0 saturated heterocycles. The molecule has 1 amide bonds. The molecule has 1 unspecified atom stereocenters. The maximum atomic E-state index is 12.2. The minimum Gasteiger partial charge on any atom is -0.462 e. The Balaban J connectivity index is 2.09. The molecule has 0 aliphatic rings. The number of benzene rings is 1. The van der Waals surface area contributed by atoms with Gasteiger partial charge in [-0.1, -0.05) is 12.1 Å². The molecule has 24 heavy (non-hydrogen) atoms. The van der Waals surface area contributed by atoms with Crippen LogP contribution in [0.5, 0.6) is 0 Å². The summed E-state index contributed by atoms with van der Waals surface area (Å²) in [5.41, 5.74) is 0.806. The lowest BCUT2D eigenvalue weighted by Crippen LogP contribution is -2.28. The van der Waals surface area contributed by atoms with E-state index in [1.165, 1.54) is 18.2 Å². The molecule has 0 saturated carbocycles. The average Bonchev–Trinajstić information content (AvgIpc) is 2.96. The molecule has 0 fully saturated rings. The monoisotopic (exact) mass is 348 g/mol. The summed E-state index contributed by atoms with van der Waals surface area (Å²) in [5.74, 6) is 1.20. The molecule has 6 nitrogen and oxygen atoms in total. The van der Waals surface area contributed by atoms with Crippen LogP contribution in [0.1, 0.15) is 30.0 Å². The van der Waals surface area contributed by atoms with Gasteiger partial charge in [0.15, 0.2) is 0 Å². The third kappa shape index (κ3) is 4.33. The van der Waals surface area contributed by atoms with Gasteiger partial charge in [-0.25, -0.2) is 13.6 Å². The molecule has 0 aliphatic heterocycles. The van der Waals surface area contributed by atoms with Crippen molar-refractivity contribution in [1.82, 2.24) is 4.90 Å². The van der Waals surface area contributed by atoms with E-state index < -0.39 is 10.0 Å². The lowest BCUT2D eigenvalue weighted by atomic mass is 10.1. The van der Waals surface area contributed by atoms with Crippen LogP contribution in [-0.4, -0.2) is 26.3 Å². The number of nitrogens with zero attached hydrogens (tertiary/aromatic N) is 1. The van der Waals surface area contributed by atoms with Crippen LogP contribution in [0.25, 0.3) is 6.08 Å². The van der Waals surface area contributed by atoms with Crippen molar-refractivity contribution >= 4 is 22.0 Å². The van der Waals surface area contributed by atoms with Crippen LogP contribution in [0.4, 0.5) is 0 Å². The summed E-state index contributed by atoms with van der Waals surface area (Å²) in [6.07, 6.45) is 3.05. The molecule has 1 atom stereocenters. The molecule has 0 bridgehead atoms. The van der Waals surface area contributed by atoms with Gasteiger partial charge in [-0.15, -0.1) is 0 Å². The van der Waals surface area contributed by atoms with Gasteiger partial charge in [0, 0.05) is 13.1 Å². The van der Waals surface area contributed by atoms with E-state index in [2.05, 4.69) is 0 Å². The predicted octanol–water partition coefficient (Wildman–Crippen LogP) is 2.47. The molecule has 1 aromatic heterocycles. The molecule has 1 heterocycles. The van der Waals surface area contributed by atoms with Gasteiger partial charge in [0.1, 0.15) is 11.5 Å². The quantitative estimate of drug-likeness (QED) is 0.840. The van der Waals surface area contributed by atoms with Crippen molar-refractivity contribution in [2.75, 3.05) is 7.05 Å². The molecule has 2 N–H and O–H groups in total. The standard InChI is InChI=1S/C17H20N2O4S/c1-12-4-7-15(23-12)8-11-17(20)19(3)13(2)14-5-9-16(10-6-14)24(18,21)22/h4-11,13H,1-3H3,(H2,18,21,22). The van der Waals surface area contributed by atoms with Crippen molar-refractivity contribution in [1.29, 1.82) is 0 Å². The highest BCUT2D eigenvalue weighted by Crippen LogP contribution is 2.21. The number of carbonyl (C=O) groups excluding carboxylic acids is 1. The van der Waals surface area contributed by atoms with Gasteiger partial charge < -0.3 is 9.32 Å². The van der Waals surface area contributed by atoms with Crippen LogP contribution < -0.4 is 5.14 Å². The van der Waals surface area contributed by atoms with Crippen molar-refractivity contribution in [2.45, 2.75) is 24.8 Å². The number of rotatable bonds is 5. The number of sulfonamides is 1. The summed E-state index contributed by atoms with van der Waals surface area (Å²) >= 11 is 0. The largest absolute Gasteiger partial charge is 0.462 e. The first-order valence-corrected chi connectivity index (χ1v) is 8.87. The Morgan fingerprint density at radius 2 is 1.83 bits per heavy atom. The number of hydrogen-bond donors (Lipinski definition) is 1. The normalized spacial score (nSPS) is 13.2. The molecular formula is C17H20N2O4S. The van der Waals surface area contributed by atoms with E-state index in [-0.39, 0.29) is 16.8 Å². The van der Waals surface area contributed by atoms with E-state index in [0.717, 1.165) is 11.3 Å². The van der Waals surface area contributed by atoms with E-state index >= 15 is 0 Å². The third-order valence-corrected chi connectivity index (χ3v) is 4.70.